The van der Waals surface area contributed by atoms with Crippen molar-refractivity contribution in [1.29, 1.82) is 0 Å². The maximum atomic E-state index is 12.4. The van der Waals surface area contributed by atoms with Crippen LogP contribution in [-0.2, 0) is 9.59 Å². The van der Waals surface area contributed by atoms with Crippen LogP contribution in [0.2, 0.25) is 0 Å². The smallest absolute Gasteiger partial charge is 0.229 e. The maximum Gasteiger partial charge on any atom is 0.229 e. The number of benzene rings is 1. The minimum Gasteiger partial charge on any atom is -0.490 e. The second-order valence-electron chi connectivity index (χ2n) is 7.12. The third-order valence-electron chi connectivity index (χ3n) is 5.02. The number of nitrogens with zero attached hydrogens (tertiary/aromatic N) is 2. The summed E-state index contributed by atoms with van der Waals surface area (Å²) < 4.78 is 6.02. The van der Waals surface area contributed by atoms with Crippen LogP contribution in [0.4, 0.5) is 5.69 Å². The number of rotatable bonds is 6. The lowest BCUT2D eigenvalue weighted by atomic mass is 10.1. The third-order valence-corrected chi connectivity index (χ3v) is 5.02. The van der Waals surface area contributed by atoms with Gasteiger partial charge in [-0.1, -0.05) is 6.08 Å². The van der Waals surface area contributed by atoms with Crippen LogP contribution in [0.15, 0.2) is 36.9 Å². The van der Waals surface area contributed by atoms with Crippen LogP contribution in [-0.4, -0.2) is 60.9 Å². The van der Waals surface area contributed by atoms with Crippen LogP contribution in [0.25, 0.3) is 0 Å². The van der Waals surface area contributed by atoms with Gasteiger partial charge in [0.15, 0.2) is 0 Å². The lowest BCUT2D eigenvalue weighted by Gasteiger charge is -2.29. The topological polar surface area (TPSA) is 61.9 Å². The Morgan fingerprint density at radius 2 is 2.00 bits per heavy atom. The second-order valence-corrected chi connectivity index (χ2v) is 7.12. The van der Waals surface area contributed by atoms with Gasteiger partial charge in [-0.05, 0) is 44.2 Å². The molecule has 1 atom stereocenters. The zero-order valence-corrected chi connectivity index (χ0v) is 15.3. The largest absolute Gasteiger partial charge is 0.490 e. The molecule has 2 aliphatic rings. The molecule has 140 valence electrons. The number of carbonyl (C=O) groups is 2. The van der Waals surface area contributed by atoms with Gasteiger partial charge in [-0.15, -0.1) is 6.58 Å². The van der Waals surface area contributed by atoms with Crippen LogP contribution < -0.4 is 10.1 Å². The van der Waals surface area contributed by atoms with E-state index in [4.69, 9.17) is 4.74 Å². The fourth-order valence-electron chi connectivity index (χ4n) is 3.44. The molecule has 1 aromatic carbocycles. The number of piperidine rings is 1. The molecule has 1 aromatic rings. The normalized spacial score (nSPS) is 21.7. The van der Waals surface area contributed by atoms with E-state index in [1.165, 1.54) is 0 Å². The number of ether oxygens (including phenoxy) is 1. The summed E-state index contributed by atoms with van der Waals surface area (Å²) in [5.41, 5.74) is 0.723. The first-order chi connectivity index (χ1) is 12.5. The van der Waals surface area contributed by atoms with E-state index in [2.05, 4.69) is 23.8 Å². The average molecular weight is 357 g/mol. The number of hydrogen-bond donors (Lipinski definition) is 1. The summed E-state index contributed by atoms with van der Waals surface area (Å²) in [5, 5.41) is 2.90. The molecule has 3 rings (SSSR count). The highest BCUT2D eigenvalue weighted by Crippen LogP contribution is 2.23. The Balaban J connectivity index is 1.50. The van der Waals surface area contributed by atoms with Crippen molar-refractivity contribution < 1.29 is 14.3 Å². The monoisotopic (exact) mass is 357 g/mol. The summed E-state index contributed by atoms with van der Waals surface area (Å²) in [6.45, 7) is 6.70. The van der Waals surface area contributed by atoms with Crippen LogP contribution in [0, 0.1) is 5.92 Å². The molecule has 2 fully saturated rings. The van der Waals surface area contributed by atoms with Crippen molar-refractivity contribution in [2.75, 3.05) is 38.5 Å². The van der Waals surface area contributed by atoms with Crippen molar-refractivity contribution in [1.82, 2.24) is 9.80 Å². The SMILES string of the molecule is C=CCN1CC(C(=O)Nc2ccc(OC3CCN(C)CC3)cc2)CC1=O. The molecule has 2 heterocycles. The predicted molar refractivity (Wildman–Crippen MR) is 101 cm³/mol. The molecule has 6 nitrogen and oxygen atoms in total. The first-order valence-corrected chi connectivity index (χ1v) is 9.20. The van der Waals surface area contributed by atoms with Gasteiger partial charge in [0.25, 0.3) is 0 Å². The molecule has 2 saturated heterocycles. The van der Waals surface area contributed by atoms with Gasteiger partial charge in [-0.2, -0.15) is 0 Å². The van der Waals surface area contributed by atoms with Crippen LogP contribution in [0.1, 0.15) is 19.3 Å². The van der Waals surface area contributed by atoms with Gasteiger partial charge >= 0.3 is 0 Å². The molecule has 2 aliphatic heterocycles. The van der Waals surface area contributed by atoms with Gasteiger partial charge in [-0.3, -0.25) is 9.59 Å². The molecular weight excluding hydrogens is 330 g/mol. The van der Waals surface area contributed by atoms with E-state index in [0.29, 0.717) is 13.1 Å². The number of hydrogen-bond acceptors (Lipinski definition) is 4. The molecular formula is C20H27N3O3. The molecule has 0 radical (unpaired) electrons. The van der Waals surface area contributed by atoms with E-state index in [-0.39, 0.29) is 30.3 Å². The molecule has 0 aliphatic carbocycles. The fraction of sp³-hybridized carbons (Fsp3) is 0.500. The Hall–Kier alpha value is -2.34. The van der Waals surface area contributed by atoms with Crippen LogP contribution >= 0.6 is 0 Å². The molecule has 0 saturated carbocycles. The quantitative estimate of drug-likeness (QED) is 0.793. The Morgan fingerprint density at radius 1 is 1.31 bits per heavy atom. The van der Waals surface area contributed by atoms with Crippen molar-refractivity contribution >= 4 is 17.5 Å². The third kappa shape index (κ3) is 4.64. The summed E-state index contributed by atoms with van der Waals surface area (Å²) in [6.07, 6.45) is 4.27. The van der Waals surface area contributed by atoms with E-state index in [1.807, 2.05) is 24.3 Å². The van der Waals surface area contributed by atoms with E-state index < -0.39 is 0 Å². The average Bonchev–Trinajstić information content (AvgIpc) is 3.00. The number of carbonyl (C=O) groups excluding carboxylic acids is 2. The zero-order chi connectivity index (χ0) is 18.5. The van der Waals surface area contributed by atoms with Crippen molar-refractivity contribution in [2.24, 2.45) is 5.92 Å². The van der Waals surface area contributed by atoms with Crippen LogP contribution in [0.5, 0.6) is 5.75 Å². The molecule has 26 heavy (non-hydrogen) atoms. The highest BCUT2D eigenvalue weighted by molar-refractivity contribution is 5.97. The summed E-state index contributed by atoms with van der Waals surface area (Å²) in [6, 6.07) is 7.47. The molecule has 0 aromatic heterocycles. The maximum absolute atomic E-state index is 12.4. The Bertz CT molecular complexity index is 651. The summed E-state index contributed by atoms with van der Waals surface area (Å²) in [5.74, 6) is 0.407. The first-order valence-electron chi connectivity index (χ1n) is 9.20. The molecule has 1 unspecified atom stereocenters. The number of nitrogens with one attached hydrogen (secondary N) is 1. The number of amides is 2. The lowest BCUT2D eigenvalue weighted by Crippen LogP contribution is -2.35. The highest BCUT2D eigenvalue weighted by Gasteiger charge is 2.33. The first kappa shape index (κ1) is 18.5. The summed E-state index contributed by atoms with van der Waals surface area (Å²) in [7, 11) is 2.13. The van der Waals surface area contributed by atoms with Gasteiger partial charge in [-0.25, -0.2) is 0 Å². The van der Waals surface area contributed by atoms with E-state index in [1.54, 1.807) is 11.0 Å². The van der Waals surface area contributed by atoms with Crippen LogP contribution in [0.3, 0.4) is 0 Å². The standard InChI is InChI=1S/C20H27N3O3/c1-3-10-23-14-15(13-19(23)24)20(25)21-16-4-6-17(7-5-16)26-18-8-11-22(2)12-9-18/h3-7,15,18H,1,8-14H2,2H3,(H,21,25). The van der Waals surface area contributed by atoms with Crippen molar-refractivity contribution in [2.45, 2.75) is 25.4 Å². The lowest BCUT2D eigenvalue weighted by molar-refractivity contribution is -0.127. The Labute approximate surface area is 154 Å². The molecule has 1 N–H and O–H groups in total. The minimum absolute atomic E-state index is 0.00641. The number of anilines is 1. The second kappa shape index (κ2) is 8.36. The molecule has 6 heteroatoms. The van der Waals surface area contributed by atoms with E-state index >= 15 is 0 Å². The van der Waals surface area contributed by atoms with E-state index in [0.717, 1.165) is 37.4 Å². The van der Waals surface area contributed by atoms with Crippen molar-refractivity contribution in [3.8, 4) is 5.75 Å². The summed E-state index contributed by atoms with van der Waals surface area (Å²) in [4.78, 5) is 28.2. The minimum atomic E-state index is -0.308. The number of likely N-dealkylation sites (tertiary alicyclic amines) is 2. The molecule has 0 bridgehead atoms. The van der Waals surface area contributed by atoms with Crippen molar-refractivity contribution in [3.05, 3.63) is 36.9 Å². The Morgan fingerprint density at radius 3 is 2.65 bits per heavy atom. The van der Waals surface area contributed by atoms with Gasteiger partial charge in [0.05, 0.1) is 5.92 Å². The van der Waals surface area contributed by atoms with E-state index in [9.17, 15) is 9.59 Å². The van der Waals surface area contributed by atoms with Gasteiger partial charge in [0.2, 0.25) is 11.8 Å². The van der Waals surface area contributed by atoms with Gasteiger partial charge < -0.3 is 19.9 Å². The van der Waals surface area contributed by atoms with Gasteiger partial charge in [0, 0.05) is 38.3 Å². The fourth-order valence-corrected chi connectivity index (χ4v) is 3.44. The van der Waals surface area contributed by atoms with Crippen molar-refractivity contribution in [3.63, 3.8) is 0 Å². The zero-order valence-electron chi connectivity index (χ0n) is 15.3. The predicted octanol–water partition coefficient (Wildman–Crippen LogP) is 2.13. The molecule has 2 amide bonds. The molecule has 0 spiro atoms. The Kier molecular flexibility index (Phi) is 5.93. The summed E-state index contributed by atoms with van der Waals surface area (Å²) >= 11 is 0. The van der Waals surface area contributed by atoms with Gasteiger partial charge in [0.1, 0.15) is 11.9 Å². The highest BCUT2D eigenvalue weighted by atomic mass is 16.5.